The van der Waals surface area contributed by atoms with Crippen molar-refractivity contribution < 1.29 is 5.11 Å². The van der Waals surface area contributed by atoms with E-state index in [0.29, 0.717) is 11.5 Å². The molecule has 2 heteroatoms. The number of benzene rings is 2. The second kappa shape index (κ2) is 4.27. The van der Waals surface area contributed by atoms with Gasteiger partial charge in [-0.1, -0.05) is 72.3 Å². The predicted molar refractivity (Wildman–Crippen MR) is 74.2 cm³/mol. The maximum Gasteiger partial charge on any atom is 0.129 e. The van der Waals surface area contributed by atoms with E-state index in [-0.39, 0.29) is 0 Å². The van der Waals surface area contributed by atoms with Gasteiger partial charge in [-0.2, -0.15) is 0 Å². The van der Waals surface area contributed by atoms with Crippen LogP contribution in [0.2, 0.25) is 0 Å². The molecule has 1 nitrogen and oxygen atoms in total. The molecule has 0 saturated heterocycles. The Labute approximate surface area is 111 Å². The average Bonchev–Trinajstić information content (AvgIpc) is 2.46. The summed E-state index contributed by atoms with van der Waals surface area (Å²) >= 11 is 6.32. The second-order valence-corrected chi connectivity index (χ2v) is 4.94. The zero-order valence-corrected chi connectivity index (χ0v) is 10.6. The molecule has 0 heterocycles. The number of halogens is 1. The number of aliphatic hydroxyl groups is 1. The Bertz CT molecular complexity index is 589. The van der Waals surface area contributed by atoms with Crippen molar-refractivity contribution in [1.82, 2.24) is 0 Å². The molecule has 1 atom stereocenters. The van der Waals surface area contributed by atoms with Gasteiger partial charge < -0.3 is 5.11 Å². The van der Waals surface area contributed by atoms with Crippen LogP contribution >= 0.6 is 11.6 Å². The van der Waals surface area contributed by atoms with Crippen LogP contribution in [0.25, 0.3) is 5.57 Å². The average molecular weight is 257 g/mol. The Morgan fingerprint density at radius 3 is 2.00 bits per heavy atom. The molecule has 0 amide bonds. The van der Waals surface area contributed by atoms with E-state index < -0.39 is 5.60 Å². The topological polar surface area (TPSA) is 20.2 Å². The molecular weight excluding hydrogens is 244 g/mol. The molecule has 0 spiro atoms. The standard InChI is InChI=1S/C16H13ClO/c17-15-14(12-7-3-1-4-8-12)11-16(15,18)13-9-5-2-6-10-13/h1-10,18H,11H2. The highest BCUT2D eigenvalue weighted by atomic mass is 35.5. The smallest absolute Gasteiger partial charge is 0.129 e. The van der Waals surface area contributed by atoms with Crippen molar-refractivity contribution in [3.05, 3.63) is 76.8 Å². The van der Waals surface area contributed by atoms with Crippen LogP contribution < -0.4 is 0 Å². The van der Waals surface area contributed by atoms with Gasteiger partial charge >= 0.3 is 0 Å². The second-order valence-electron chi connectivity index (χ2n) is 4.56. The zero-order valence-electron chi connectivity index (χ0n) is 9.81. The minimum absolute atomic E-state index is 0.542. The summed E-state index contributed by atoms with van der Waals surface area (Å²) in [5.41, 5.74) is 1.97. The van der Waals surface area contributed by atoms with Crippen molar-refractivity contribution >= 4 is 17.2 Å². The first kappa shape index (κ1) is 11.5. The fraction of sp³-hybridized carbons (Fsp3) is 0.125. The number of rotatable bonds is 2. The van der Waals surface area contributed by atoms with E-state index in [1.54, 1.807) is 0 Å². The van der Waals surface area contributed by atoms with Crippen LogP contribution in [0.15, 0.2) is 65.7 Å². The molecule has 1 aliphatic rings. The summed E-state index contributed by atoms with van der Waals surface area (Å²) in [6, 6.07) is 19.5. The van der Waals surface area contributed by atoms with Gasteiger partial charge in [0.1, 0.15) is 5.60 Å². The van der Waals surface area contributed by atoms with Gasteiger partial charge in [-0.3, -0.25) is 0 Å². The third kappa shape index (κ3) is 1.67. The van der Waals surface area contributed by atoms with Crippen LogP contribution in [0.1, 0.15) is 17.5 Å². The van der Waals surface area contributed by atoms with Crippen molar-refractivity contribution in [3.63, 3.8) is 0 Å². The molecule has 3 rings (SSSR count). The summed E-state index contributed by atoms with van der Waals surface area (Å²) in [6.07, 6.45) is 0.569. The van der Waals surface area contributed by atoms with Crippen molar-refractivity contribution in [2.75, 3.05) is 0 Å². The van der Waals surface area contributed by atoms with E-state index in [9.17, 15) is 5.11 Å². The van der Waals surface area contributed by atoms with Gasteiger partial charge in [0, 0.05) is 6.42 Å². The van der Waals surface area contributed by atoms with Gasteiger partial charge in [0.05, 0.1) is 5.03 Å². The molecule has 1 unspecified atom stereocenters. The Kier molecular flexibility index (Phi) is 2.73. The third-order valence-corrected chi connectivity index (χ3v) is 3.98. The maximum atomic E-state index is 10.6. The molecule has 0 aliphatic heterocycles. The summed E-state index contributed by atoms with van der Waals surface area (Å²) in [5, 5.41) is 11.1. The van der Waals surface area contributed by atoms with Gasteiger partial charge in [-0.05, 0) is 16.7 Å². The molecule has 0 bridgehead atoms. The molecule has 2 aromatic rings. The van der Waals surface area contributed by atoms with E-state index in [1.165, 1.54) is 0 Å². The number of hydrogen-bond acceptors (Lipinski definition) is 1. The lowest BCUT2D eigenvalue weighted by atomic mass is 9.74. The minimum Gasteiger partial charge on any atom is -0.379 e. The SMILES string of the molecule is OC1(c2ccccc2)CC(c2ccccc2)=C1Cl. The van der Waals surface area contributed by atoms with E-state index in [2.05, 4.69) is 0 Å². The lowest BCUT2D eigenvalue weighted by Gasteiger charge is -2.39. The first-order valence-electron chi connectivity index (χ1n) is 5.94. The zero-order chi connectivity index (χ0) is 12.6. The lowest BCUT2D eigenvalue weighted by molar-refractivity contribution is 0.0746. The fourth-order valence-electron chi connectivity index (χ4n) is 2.36. The van der Waals surface area contributed by atoms with Gasteiger partial charge in [-0.25, -0.2) is 0 Å². The summed E-state index contributed by atoms with van der Waals surface area (Å²) < 4.78 is 0. The van der Waals surface area contributed by atoms with Crippen LogP contribution in [0.4, 0.5) is 0 Å². The molecule has 0 aromatic heterocycles. The highest BCUT2D eigenvalue weighted by Crippen LogP contribution is 2.52. The minimum atomic E-state index is -1.01. The van der Waals surface area contributed by atoms with Crippen LogP contribution in [-0.2, 0) is 5.60 Å². The van der Waals surface area contributed by atoms with E-state index in [4.69, 9.17) is 11.6 Å². The van der Waals surface area contributed by atoms with Crippen LogP contribution in [0.3, 0.4) is 0 Å². The van der Waals surface area contributed by atoms with E-state index in [1.807, 2.05) is 60.7 Å². The molecule has 18 heavy (non-hydrogen) atoms. The predicted octanol–water partition coefficient (Wildman–Crippen LogP) is 3.93. The summed E-state index contributed by atoms with van der Waals surface area (Å²) in [7, 11) is 0. The molecule has 1 aliphatic carbocycles. The molecule has 0 fully saturated rings. The molecule has 2 aromatic carbocycles. The highest BCUT2D eigenvalue weighted by molar-refractivity contribution is 6.35. The molecule has 0 saturated carbocycles. The monoisotopic (exact) mass is 256 g/mol. The maximum absolute atomic E-state index is 10.6. The first-order valence-corrected chi connectivity index (χ1v) is 6.32. The Morgan fingerprint density at radius 2 is 1.44 bits per heavy atom. The van der Waals surface area contributed by atoms with Crippen molar-refractivity contribution in [2.45, 2.75) is 12.0 Å². The van der Waals surface area contributed by atoms with Gasteiger partial charge in [0.2, 0.25) is 0 Å². The van der Waals surface area contributed by atoms with Crippen molar-refractivity contribution in [1.29, 1.82) is 0 Å². The molecule has 0 radical (unpaired) electrons. The molecule has 1 N–H and O–H groups in total. The fourth-order valence-corrected chi connectivity index (χ4v) is 2.72. The van der Waals surface area contributed by atoms with Gasteiger partial charge in [-0.15, -0.1) is 0 Å². The quantitative estimate of drug-likeness (QED) is 0.863. The molecular formula is C16H13ClO. The Balaban J connectivity index is 2.00. The largest absolute Gasteiger partial charge is 0.379 e. The molecule has 90 valence electrons. The van der Waals surface area contributed by atoms with E-state index >= 15 is 0 Å². The van der Waals surface area contributed by atoms with Crippen LogP contribution in [-0.4, -0.2) is 5.11 Å². The van der Waals surface area contributed by atoms with Gasteiger partial charge in [0.15, 0.2) is 0 Å². The van der Waals surface area contributed by atoms with Crippen LogP contribution in [0.5, 0.6) is 0 Å². The highest BCUT2D eigenvalue weighted by Gasteiger charge is 2.44. The summed E-state index contributed by atoms with van der Waals surface area (Å²) in [6.45, 7) is 0. The first-order chi connectivity index (χ1) is 8.72. The summed E-state index contributed by atoms with van der Waals surface area (Å²) in [4.78, 5) is 0. The third-order valence-electron chi connectivity index (χ3n) is 3.43. The number of hydrogen-bond donors (Lipinski definition) is 1. The summed E-state index contributed by atoms with van der Waals surface area (Å²) in [5.74, 6) is 0. The van der Waals surface area contributed by atoms with E-state index in [0.717, 1.165) is 16.7 Å². The van der Waals surface area contributed by atoms with Crippen molar-refractivity contribution in [3.8, 4) is 0 Å². The Morgan fingerprint density at radius 1 is 0.889 bits per heavy atom. The normalized spacial score (nSPS) is 22.8. The van der Waals surface area contributed by atoms with Gasteiger partial charge in [0.25, 0.3) is 0 Å². The lowest BCUT2D eigenvalue weighted by Crippen LogP contribution is -2.34. The Hall–Kier alpha value is -1.57. The van der Waals surface area contributed by atoms with Crippen molar-refractivity contribution in [2.24, 2.45) is 0 Å². The van der Waals surface area contributed by atoms with Crippen LogP contribution in [0, 0.1) is 0 Å².